The minimum Gasteiger partial charge on any atom is -0.279 e. The van der Waals surface area contributed by atoms with Gasteiger partial charge in [-0.15, -0.1) is 30.6 Å². The minimum atomic E-state index is 0. The zero-order chi connectivity index (χ0) is 37.1. The molecule has 0 saturated carbocycles. The van der Waals surface area contributed by atoms with Gasteiger partial charge in [0.05, 0.1) is 0 Å². The largest absolute Gasteiger partial charge is 0.279 e. The predicted octanol–water partition coefficient (Wildman–Crippen LogP) is 9.73. The number of para-hydroxylation sites is 3. The van der Waals surface area contributed by atoms with E-state index in [0.717, 1.165) is 68.7 Å². The van der Waals surface area contributed by atoms with E-state index in [1.54, 1.807) is 0 Å². The van der Waals surface area contributed by atoms with Crippen molar-refractivity contribution in [2.24, 2.45) is 0 Å². The molecule has 9 nitrogen and oxygen atoms in total. The van der Waals surface area contributed by atoms with E-state index in [0.29, 0.717) is 0 Å². The molecule has 6 aromatic carbocycles. The number of rotatable bonds is 6. The van der Waals surface area contributed by atoms with E-state index in [-0.39, 0.29) is 20.1 Å². The van der Waals surface area contributed by atoms with Crippen LogP contribution in [0.2, 0.25) is 0 Å². The van der Waals surface area contributed by atoms with Crippen molar-refractivity contribution in [3.63, 3.8) is 0 Å². The van der Waals surface area contributed by atoms with Crippen LogP contribution in [0.3, 0.4) is 0 Å². The molecule has 0 bridgehead atoms. The standard InChI is InChI=1S/3C15H13N3.Ir/c3*1-12-16-17-15(13-8-4-2-5-9-13)18(12)14-10-6-3-7-11-14;/h3*2-11H,1H3;. The van der Waals surface area contributed by atoms with Crippen molar-refractivity contribution < 1.29 is 20.1 Å². The van der Waals surface area contributed by atoms with Gasteiger partial charge in [0.1, 0.15) is 17.5 Å². The van der Waals surface area contributed by atoms with Crippen molar-refractivity contribution in [2.45, 2.75) is 20.8 Å². The summed E-state index contributed by atoms with van der Waals surface area (Å²) in [6.07, 6.45) is 0. The third-order valence-electron chi connectivity index (χ3n) is 8.61. The van der Waals surface area contributed by atoms with Gasteiger partial charge in [-0.25, -0.2) is 0 Å². The Morgan fingerprint density at radius 3 is 0.691 bits per heavy atom. The van der Waals surface area contributed by atoms with Gasteiger partial charge in [0.2, 0.25) is 0 Å². The quantitative estimate of drug-likeness (QED) is 0.165. The number of hydrogen-bond donors (Lipinski definition) is 0. The van der Waals surface area contributed by atoms with Crippen LogP contribution in [0.4, 0.5) is 0 Å². The van der Waals surface area contributed by atoms with Gasteiger partial charge < -0.3 is 0 Å². The second-order valence-corrected chi connectivity index (χ2v) is 12.3. The molecule has 0 saturated heterocycles. The summed E-state index contributed by atoms with van der Waals surface area (Å²) < 4.78 is 6.19. The average Bonchev–Trinajstić information content (AvgIpc) is 3.96. The molecule has 9 rings (SSSR count). The van der Waals surface area contributed by atoms with Crippen molar-refractivity contribution in [2.75, 3.05) is 0 Å². The molecule has 10 heteroatoms. The van der Waals surface area contributed by atoms with Crippen LogP contribution in [0.1, 0.15) is 17.5 Å². The van der Waals surface area contributed by atoms with Gasteiger partial charge in [-0.2, -0.15) is 0 Å². The van der Waals surface area contributed by atoms with Gasteiger partial charge in [-0.1, -0.05) is 146 Å². The third-order valence-corrected chi connectivity index (χ3v) is 8.61. The molecule has 0 spiro atoms. The van der Waals surface area contributed by atoms with E-state index in [1.807, 2.05) is 166 Å². The number of benzene rings is 6. The molecule has 9 aromatic rings. The molecule has 0 N–H and O–H groups in total. The summed E-state index contributed by atoms with van der Waals surface area (Å²) in [7, 11) is 0. The minimum absolute atomic E-state index is 0. The van der Waals surface area contributed by atoms with E-state index in [9.17, 15) is 0 Å². The van der Waals surface area contributed by atoms with E-state index in [2.05, 4.69) is 80.7 Å². The Hall–Kier alpha value is -6.61. The van der Waals surface area contributed by atoms with Crippen LogP contribution in [-0.2, 0) is 20.1 Å². The Bertz CT molecular complexity index is 2220. The zero-order valence-electron chi connectivity index (χ0n) is 30.7. The van der Waals surface area contributed by atoms with Crippen LogP contribution in [0.25, 0.3) is 51.2 Å². The van der Waals surface area contributed by atoms with E-state index in [1.165, 1.54) is 0 Å². The first kappa shape index (κ1) is 38.1. The topological polar surface area (TPSA) is 92.1 Å². The molecule has 0 unspecified atom stereocenters. The summed E-state index contributed by atoms with van der Waals surface area (Å²) in [4.78, 5) is 0. The van der Waals surface area contributed by atoms with Gasteiger partial charge in [0, 0.05) is 53.9 Å². The van der Waals surface area contributed by atoms with Gasteiger partial charge in [-0.05, 0) is 57.2 Å². The molecule has 0 fully saturated rings. The van der Waals surface area contributed by atoms with Crippen LogP contribution >= 0.6 is 0 Å². The Balaban J connectivity index is 0.000000139. The van der Waals surface area contributed by atoms with Gasteiger partial charge in [-0.3, -0.25) is 13.7 Å². The second-order valence-electron chi connectivity index (χ2n) is 12.3. The Morgan fingerprint density at radius 1 is 0.273 bits per heavy atom. The summed E-state index contributed by atoms with van der Waals surface area (Å²) >= 11 is 0. The molecular weight excluding hydrogens is 859 g/mol. The smallest absolute Gasteiger partial charge is 0.168 e. The molecule has 0 aliphatic rings. The fraction of sp³-hybridized carbons (Fsp3) is 0.0667. The number of aromatic nitrogens is 9. The van der Waals surface area contributed by atoms with Crippen molar-refractivity contribution in [1.29, 1.82) is 0 Å². The first-order chi connectivity index (χ1) is 26.6. The van der Waals surface area contributed by atoms with Crippen LogP contribution in [0.5, 0.6) is 0 Å². The maximum absolute atomic E-state index is 4.28. The molecule has 3 aromatic heterocycles. The molecule has 273 valence electrons. The third kappa shape index (κ3) is 8.96. The molecule has 3 heterocycles. The van der Waals surface area contributed by atoms with Crippen molar-refractivity contribution >= 4 is 0 Å². The molecule has 0 amide bonds. The normalized spacial score (nSPS) is 10.3. The van der Waals surface area contributed by atoms with Crippen molar-refractivity contribution in [1.82, 2.24) is 44.3 Å². The Labute approximate surface area is 334 Å². The average molecular weight is 898 g/mol. The summed E-state index contributed by atoms with van der Waals surface area (Å²) in [5, 5.41) is 25.4. The molecule has 0 atom stereocenters. The van der Waals surface area contributed by atoms with Crippen LogP contribution < -0.4 is 0 Å². The molecule has 1 radical (unpaired) electrons. The van der Waals surface area contributed by atoms with E-state index in [4.69, 9.17) is 0 Å². The van der Waals surface area contributed by atoms with Gasteiger partial charge in [0.25, 0.3) is 0 Å². The number of aryl methyl sites for hydroxylation is 3. The Morgan fingerprint density at radius 2 is 0.473 bits per heavy atom. The monoisotopic (exact) mass is 898 g/mol. The van der Waals surface area contributed by atoms with Crippen molar-refractivity contribution in [3.8, 4) is 51.2 Å². The van der Waals surface area contributed by atoms with Crippen LogP contribution in [0.15, 0.2) is 182 Å². The number of hydrogen-bond acceptors (Lipinski definition) is 6. The molecular formula is C45H39IrN9. The van der Waals surface area contributed by atoms with Gasteiger partial charge >= 0.3 is 0 Å². The number of nitrogens with zero attached hydrogens (tertiary/aromatic N) is 9. The SMILES string of the molecule is Cc1nnc(-c2ccccc2)n1-c1ccccc1.Cc1nnc(-c2ccccc2)n1-c1ccccc1.Cc1nnc(-c2ccccc2)n1-c1ccccc1.[Ir]. The fourth-order valence-electron chi connectivity index (χ4n) is 6.07. The molecule has 55 heavy (non-hydrogen) atoms. The van der Waals surface area contributed by atoms with E-state index < -0.39 is 0 Å². The zero-order valence-corrected chi connectivity index (χ0v) is 33.1. The first-order valence-corrected chi connectivity index (χ1v) is 17.7. The molecule has 0 aliphatic heterocycles. The van der Waals surface area contributed by atoms with Crippen LogP contribution in [-0.4, -0.2) is 44.3 Å². The maximum Gasteiger partial charge on any atom is 0.168 e. The summed E-state index contributed by atoms with van der Waals surface area (Å²) in [5.74, 6) is 5.29. The van der Waals surface area contributed by atoms with Crippen molar-refractivity contribution in [3.05, 3.63) is 199 Å². The maximum atomic E-state index is 4.28. The summed E-state index contributed by atoms with van der Waals surface area (Å²) in [5.41, 5.74) is 6.46. The van der Waals surface area contributed by atoms with Gasteiger partial charge in [0.15, 0.2) is 17.5 Å². The van der Waals surface area contributed by atoms with E-state index >= 15 is 0 Å². The predicted molar refractivity (Wildman–Crippen MR) is 215 cm³/mol. The second kappa shape index (κ2) is 18.4. The summed E-state index contributed by atoms with van der Waals surface area (Å²) in [6.45, 7) is 5.89. The first-order valence-electron chi connectivity index (χ1n) is 17.7. The molecule has 0 aliphatic carbocycles. The summed E-state index contributed by atoms with van der Waals surface area (Å²) in [6, 6.07) is 60.8. The van der Waals surface area contributed by atoms with Crippen LogP contribution in [0, 0.1) is 20.8 Å². The fourth-order valence-corrected chi connectivity index (χ4v) is 6.07. The Kier molecular flexibility index (Phi) is 12.8.